The third-order valence-electron chi connectivity index (χ3n) is 1.48. The number of halogens is 1. The van der Waals surface area contributed by atoms with Gasteiger partial charge in [-0.1, -0.05) is 0 Å². The highest BCUT2D eigenvalue weighted by atomic mass is 35.5. The first-order chi connectivity index (χ1) is 5.75. The molecule has 0 aliphatic carbocycles. The number of ether oxygens (including phenoxy) is 2. The summed E-state index contributed by atoms with van der Waals surface area (Å²) in [5, 5.41) is 0.173. The second kappa shape index (κ2) is 2.79. The third-order valence-corrected chi connectivity index (χ3v) is 1.66. The van der Waals surface area contributed by atoms with E-state index in [0.717, 1.165) is 0 Å². The maximum absolute atomic E-state index is 5.56. The zero-order valence-electron chi connectivity index (χ0n) is 6.45. The molecule has 0 fully saturated rings. The van der Waals surface area contributed by atoms with Crippen LogP contribution in [0.4, 0.5) is 0 Å². The minimum Gasteiger partial charge on any atom is -0.480 e. The topological polar surface area (TPSA) is 44.2 Å². The van der Waals surface area contributed by atoms with Crippen LogP contribution in [-0.2, 0) is 0 Å². The Balaban J connectivity index is 2.37. The van der Waals surface area contributed by atoms with Gasteiger partial charge in [0, 0.05) is 0 Å². The highest BCUT2D eigenvalue weighted by molar-refractivity contribution is 6.28. The van der Waals surface area contributed by atoms with Crippen LogP contribution in [0.15, 0.2) is 6.20 Å². The van der Waals surface area contributed by atoms with Crippen molar-refractivity contribution in [3.63, 3.8) is 0 Å². The van der Waals surface area contributed by atoms with Crippen molar-refractivity contribution in [2.45, 2.75) is 13.0 Å². The van der Waals surface area contributed by atoms with E-state index in [1.54, 1.807) is 0 Å². The molecule has 2 heterocycles. The molecular formula is C7H7ClN2O2. The Bertz CT molecular complexity index is 305. The van der Waals surface area contributed by atoms with Crippen LogP contribution in [-0.4, -0.2) is 22.7 Å². The standard InChI is InChI=1S/C7H7ClN2O2/c1-4-3-11-6-5(12-4)2-9-7(8)10-6/h2,4H,3H2,1H3. The van der Waals surface area contributed by atoms with Crippen molar-refractivity contribution < 1.29 is 9.47 Å². The van der Waals surface area contributed by atoms with Crippen LogP contribution in [0.25, 0.3) is 0 Å². The second-order valence-corrected chi connectivity index (χ2v) is 2.89. The summed E-state index contributed by atoms with van der Waals surface area (Å²) in [7, 11) is 0. The summed E-state index contributed by atoms with van der Waals surface area (Å²) in [5.41, 5.74) is 0. The molecule has 64 valence electrons. The molecule has 0 radical (unpaired) electrons. The molecule has 0 N–H and O–H groups in total. The first-order valence-corrected chi connectivity index (χ1v) is 3.95. The third kappa shape index (κ3) is 1.30. The summed E-state index contributed by atoms with van der Waals surface area (Å²) in [6.45, 7) is 2.41. The smallest absolute Gasteiger partial charge is 0.261 e. The number of aromatic nitrogens is 2. The maximum atomic E-state index is 5.56. The lowest BCUT2D eigenvalue weighted by Gasteiger charge is -2.21. The number of rotatable bonds is 0. The summed E-state index contributed by atoms with van der Waals surface area (Å²) in [4.78, 5) is 7.63. The fraction of sp³-hybridized carbons (Fsp3) is 0.429. The first-order valence-electron chi connectivity index (χ1n) is 3.57. The van der Waals surface area contributed by atoms with Gasteiger partial charge in [-0.3, -0.25) is 0 Å². The number of hydrogen-bond donors (Lipinski definition) is 0. The van der Waals surface area contributed by atoms with Gasteiger partial charge in [0.1, 0.15) is 12.7 Å². The monoisotopic (exact) mass is 186 g/mol. The number of nitrogens with zero attached hydrogens (tertiary/aromatic N) is 2. The summed E-state index contributed by atoms with van der Waals surface area (Å²) in [6.07, 6.45) is 1.56. The van der Waals surface area contributed by atoms with Crippen molar-refractivity contribution in [1.82, 2.24) is 9.97 Å². The SMILES string of the molecule is CC1COc2nc(Cl)ncc2O1. The Morgan fingerprint density at radius 1 is 1.67 bits per heavy atom. The quantitative estimate of drug-likeness (QED) is 0.573. The molecule has 5 heteroatoms. The lowest BCUT2D eigenvalue weighted by Crippen LogP contribution is -2.26. The first kappa shape index (κ1) is 7.61. The average molecular weight is 187 g/mol. The molecule has 1 aromatic heterocycles. The Morgan fingerprint density at radius 3 is 3.33 bits per heavy atom. The Kier molecular flexibility index (Phi) is 1.77. The molecule has 2 rings (SSSR count). The number of hydrogen-bond acceptors (Lipinski definition) is 4. The lowest BCUT2D eigenvalue weighted by atomic mass is 10.4. The molecule has 1 atom stereocenters. The molecule has 0 saturated heterocycles. The highest BCUT2D eigenvalue weighted by Gasteiger charge is 2.18. The molecule has 1 aliphatic heterocycles. The van der Waals surface area contributed by atoms with Crippen LogP contribution in [0.1, 0.15) is 6.92 Å². The van der Waals surface area contributed by atoms with E-state index in [2.05, 4.69) is 9.97 Å². The van der Waals surface area contributed by atoms with Gasteiger partial charge in [0.25, 0.3) is 5.88 Å². The van der Waals surface area contributed by atoms with Gasteiger partial charge in [-0.2, -0.15) is 4.98 Å². The summed E-state index contributed by atoms with van der Waals surface area (Å²) >= 11 is 5.56. The van der Waals surface area contributed by atoms with Crippen molar-refractivity contribution in [2.24, 2.45) is 0 Å². The van der Waals surface area contributed by atoms with Gasteiger partial charge >= 0.3 is 0 Å². The van der Waals surface area contributed by atoms with Gasteiger partial charge in [-0.15, -0.1) is 0 Å². The lowest BCUT2D eigenvalue weighted by molar-refractivity contribution is 0.0980. The van der Waals surface area contributed by atoms with Gasteiger partial charge in [0.2, 0.25) is 11.0 Å². The molecule has 1 aromatic rings. The van der Waals surface area contributed by atoms with Crippen molar-refractivity contribution in [1.29, 1.82) is 0 Å². The van der Waals surface area contributed by atoms with E-state index in [0.29, 0.717) is 18.2 Å². The summed E-state index contributed by atoms with van der Waals surface area (Å²) in [5.74, 6) is 0.978. The summed E-state index contributed by atoms with van der Waals surface area (Å²) < 4.78 is 10.6. The predicted octanol–water partition coefficient (Wildman–Crippen LogP) is 1.29. The minimum atomic E-state index is 0.0438. The van der Waals surface area contributed by atoms with Gasteiger partial charge in [-0.05, 0) is 18.5 Å². The fourth-order valence-corrected chi connectivity index (χ4v) is 1.09. The van der Waals surface area contributed by atoms with Crippen molar-refractivity contribution in [3.05, 3.63) is 11.5 Å². The highest BCUT2D eigenvalue weighted by Crippen LogP contribution is 2.28. The predicted molar refractivity (Wildman–Crippen MR) is 42.6 cm³/mol. The van der Waals surface area contributed by atoms with Crippen LogP contribution in [0.5, 0.6) is 11.6 Å². The molecule has 0 spiro atoms. The zero-order valence-corrected chi connectivity index (χ0v) is 7.21. The van der Waals surface area contributed by atoms with Crippen molar-refractivity contribution in [2.75, 3.05) is 6.61 Å². The second-order valence-electron chi connectivity index (χ2n) is 2.55. The Labute approximate surface area is 74.5 Å². The van der Waals surface area contributed by atoms with Crippen LogP contribution < -0.4 is 9.47 Å². The van der Waals surface area contributed by atoms with Crippen molar-refractivity contribution in [3.8, 4) is 11.6 Å². The van der Waals surface area contributed by atoms with E-state index in [4.69, 9.17) is 21.1 Å². The average Bonchev–Trinajstić information content (AvgIpc) is 2.05. The van der Waals surface area contributed by atoms with E-state index >= 15 is 0 Å². The normalized spacial score (nSPS) is 20.7. The van der Waals surface area contributed by atoms with Gasteiger partial charge < -0.3 is 9.47 Å². The van der Waals surface area contributed by atoms with Crippen LogP contribution >= 0.6 is 11.6 Å². The van der Waals surface area contributed by atoms with E-state index in [1.807, 2.05) is 6.92 Å². The van der Waals surface area contributed by atoms with E-state index < -0.39 is 0 Å². The van der Waals surface area contributed by atoms with Gasteiger partial charge in [-0.25, -0.2) is 4.98 Å². The van der Waals surface area contributed by atoms with Crippen LogP contribution in [0, 0.1) is 0 Å². The Hall–Kier alpha value is -1.03. The molecule has 0 amide bonds. The van der Waals surface area contributed by atoms with E-state index in [9.17, 15) is 0 Å². The van der Waals surface area contributed by atoms with E-state index in [1.165, 1.54) is 6.20 Å². The molecule has 1 aliphatic rings. The maximum Gasteiger partial charge on any atom is 0.261 e. The van der Waals surface area contributed by atoms with Crippen molar-refractivity contribution >= 4 is 11.6 Å². The fourth-order valence-electron chi connectivity index (χ4n) is 0.966. The van der Waals surface area contributed by atoms with Gasteiger partial charge in [0.15, 0.2) is 0 Å². The van der Waals surface area contributed by atoms with Gasteiger partial charge in [0.05, 0.1) is 6.20 Å². The minimum absolute atomic E-state index is 0.0438. The molecule has 1 unspecified atom stereocenters. The molecule has 4 nitrogen and oxygen atoms in total. The molecule has 0 bridgehead atoms. The molecule has 12 heavy (non-hydrogen) atoms. The van der Waals surface area contributed by atoms with Crippen LogP contribution in [0.2, 0.25) is 5.28 Å². The molecule has 0 aromatic carbocycles. The Morgan fingerprint density at radius 2 is 2.50 bits per heavy atom. The number of fused-ring (bicyclic) bond motifs is 1. The zero-order chi connectivity index (χ0) is 8.55. The summed E-state index contributed by atoms with van der Waals surface area (Å²) in [6, 6.07) is 0. The molecule has 0 saturated carbocycles. The molecular weight excluding hydrogens is 180 g/mol. The van der Waals surface area contributed by atoms with Crippen LogP contribution in [0.3, 0.4) is 0 Å². The van der Waals surface area contributed by atoms with E-state index in [-0.39, 0.29) is 11.4 Å². The largest absolute Gasteiger partial charge is 0.480 e.